The molecule has 2 aliphatic carbocycles. The first-order valence-corrected chi connectivity index (χ1v) is 23.4. The van der Waals surface area contributed by atoms with Gasteiger partial charge in [-0.2, -0.15) is 9.97 Å². The van der Waals surface area contributed by atoms with E-state index in [0.717, 1.165) is 80.6 Å². The molecule has 6 aromatic rings. The van der Waals surface area contributed by atoms with Gasteiger partial charge in [-0.15, -0.1) is 22.6 Å². The van der Waals surface area contributed by atoms with Gasteiger partial charge in [-0.25, -0.2) is 36.9 Å². The molecule has 2 aliphatic heterocycles. The zero-order valence-corrected chi connectivity index (χ0v) is 41.9. The van der Waals surface area contributed by atoms with Gasteiger partial charge in [0.1, 0.15) is 24.3 Å². The van der Waals surface area contributed by atoms with Gasteiger partial charge in [0.15, 0.2) is 23.3 Å². The molecule has 0 radical (unpaired) electrons. The maximum Gasteiger partial charge on any atom is 0.229 e. The van der Waals surface area contributed by atoms with Crippen LogP contribution in [0.2, 0.25) is 5.28 Å². The van der Waals surface area contributed by atoms with E-state index in [1.54, 1.807) is 12.1 Å². The first-order chi connectivity index (χ1) is 32.5. The molecule has 0 amide bonds. The second-order valence-corrected chi connectivity index (χ2v) is 21.4. The Balaban J connectivity index is 0.000000169. The first-order valence-electron chi connectivity index (χ1n) is 23.0. The van der Waals surface area contributed by atoms with Gasteiger partial charge < -0.3 is 32.3 Å². The van der Waals surface area contributed by atoms with Gasteiger partial charge in [0.2, 0.25) is 11.2 Å². The van der Waals surface area contributed by atoms with Crippen LogP contribution in [0.5, 0.6) is 0 Å². The average molecular weight is 1010 g/mol. The number of anilines is 5. The summed E-state index contributed by atoms with van der Waals surface area (Å²) in [6, 6.07) is 6.37. The number of nitrogen functional groups attached to an aromatic ring is 1. The third-order valence-corrected chi connectivity index (χ3v) is 12.4. The summed E-state index contributed by atoms with van der Waals surface area (Å²) in [6.07, 6.45) is 12.7. The van der Waals surface area contributed by atoms with E-state index in [4.69, 9.17) is 17.3 Å². The molecule has 2 saturated heterocycles. The highest BCUT2D eigenvalue weighted by molar-refractivity contribution is 6.28. The Labute approximate surface area is 415 Å². The molecule has 2 aromatic carbocycles. The van der Waals surface area contributed by atoms with Crippen molar-refractivity contribution in [3.05, 3.63) is 89.0 Å². The second kappa shape index (κ2) is 20.5. The summed E-state index contributed by atoms with van der Waals surface area (Å²) in [6.45, 7) is 17.1. The maximum atomic E-state index is 15.0. The van der Waals surface area contributed by atoms with Crippen molar-refractivity contribution >= 4 is 53.0 Å². The molecule has 10 rings (SSSR count). The molecule has 70 heavy (non-hydrogen) atoms. The number of nitrogens with zero attached hydrogens (tertiary/aromatic N) is 12. The fraction of sp³-hybridized carbons (Fsp3) is 0.522. The number of nitrogens with one attached hydrogen (secondary N) is 5. The van der Waals surface area contributed by atoms with E-state index in [-0.39, 0.29) is 86.7 Å². The summed E-state index contributed by atoms with van der Waals surface area (Å²) in [5.74, 6) is -0.783. The Bertz CT molecular complexity index is 2720. The Morgan fingerprint density at radius 3 is 1.51 bits per heavy atom. The number of halogens is 6. The molecule has 7 N–H and O–H groups in total. The molecule has 0 unspecified atom stereocenters. The van der Waals surface area contributed by atoms with Crippen molar-refractivity contribution in [1.82, 2.24) is 71.0 Å². The van der Waals surface area contributed by atoms with Crippen LogP contribution in [-0.2, 0) is 0 Å². The molecule has 18 nitrogen and oxygen atoms in total. The van der Waals surface area contributed by atoms with E-state index in [0.29, 0.717) is 17.5 Å². The first kappa shape index (κ1) is 52.0. The molecular weight excluding hydrogens is 952 g/mol. The van der Waals surface area contributed by atoms with Crippen molar-refractivity contribution in [2.24, 2.45) is 0 Å². The normalized spacial score (nSPS) is 19.1. The van der Waals surface area contributed by atoms with Gasteiger partial charge in [-0.05, 0) is 186 Å². The molecule has 4 aromatic heterocycles. The number of aromatic nitrogens is 12. The van der Waals surface area contributed by atoms with E-state index in [9.17, 15) is 17.6 Å². The molecule has 0 spiro atoms. The summed E-state index contributed by atoms with van der Waals surface area (Å²) in [5, 5.41) is 38.8. The summed E-state index contributed by atoms with van der Waals surface area (Å²) in [5.41, 5.74) is 8.86. The molecule has 2 saturated carbocycles. The molecular formula is C46H60Cl2F4N18. The highest BCUT2D eigenvalue weighted by Crippen LogP contribution is 2.45. The Morgan fingerprint density at radius 1 is 0.614 bits per heavy atom. The third-order valence-electron chi connectivity index (χ3n) is 12.3. The van der Waals surface area contributed by atoms with Gasteiger partial charge in [-0.3, -0.25) is 0 Å². The van der Waals surface area contributed by atoms with Gasteiger partial charge in [-0.1, -0.05) is 0 Å². The third kappa shape index (κ3) is 13.3. The average Bonchev–Trinajstić information content (AvgIpc) is 4.15. The van der Waals surface area contributed by atoms with Crippen LogP contribution in [0, 0.1) is 23.3 Å². The van der Waals surface area contributed by atoms with Crippen LogP contribution in [0.15, 0.2) is 49.3 Å². The Morgan fingerprint density at radius 2 is 1.06 bits per heavy atom. The number of rotatable bonds is 10. The molecule has 0 bridgehead atoms. The molecule has 24 heteroatoms. The van der Waals surface area contributed by atoms with Crippen LogP contribution >= 0.6 is 24.0 Å². The van der Waals surface area contributed by atoms with Crippen LogP contribution in [-0.4, -0.2) is 94.6 Å². The van der Waals surface area contributed by atoms with E-state index in [2.05, 4.69) is 133 Å². The number of hydrogen-bond acceptors (Lipinski definition) is 16. The lowest BCUT2D eigenvalue weighted by molar-refractivity contribution is 0.170. The lowest BCUT2D eigenvalue weighted by atomic mass is 9.79. The smallest absolute Gasteiger partial charge is 0.229 e. The fourth-order valence-electron chi connectivity index (χ4n) is 9.98. The molecule has 0 atom stereocenters. The number of tetrazole rings is 2. The second-order valence-electron chi connectivity index (χ2n) is 21.0. The van der Waals surface area contributed by atoms with Crippen molar-refractivity contribution in [2.45, 2.75) is 153 Å². The predicted molar refractivity (Wildman–Crippen MR) is 262 cm³/mol. The zero-order chi connectivity index (χ0) is 49.5. The SMILES string of the molecule is CC1(C)CC(Nc2nc(Cl)ncc2F)CC(C)(C)N1.CC1(C)CC(Nc2nc(Nc3cc(-n4cnnn4)c(C4CC4)cc3F)ncc2F)CC(C)(C)N1.Cl.Nc1cc(-n2cnnn2)c(C2CC2)cc1F. The zero-order valence-electron chi connectivity index (χ0n) is 40.3. The van der Waals surface area contributed by atoms with Crippen LogP contribution in [0.4, 0.5) is 46.5 Å². The van der Waals surface area contributed by atoms with Crippen molar-refractivity contribution in [2.75, 3.05) is 21.7 Å². The Kier molecular flexibility index (Phi) is 15.2. The van der Waals surface area contributed by atoms with Crippen molar-refractivity contribution in [1.29, 1.82) is 0 Å². The minimum absolute atomic E-state index is 0. The van der Waals surface area contributed by atoms with Crippen LogP contribution in [0.25, 0.3) is 11.4 Å². The van der Waals surface area contributed by atoms with Gasteiger partial charge in [0.25, 0.3) is 0 Å². The summed E-state index contributed by atoms with van der Waals surface area (Å²) in [4.78, 5) is 15.9. The minimum atomic E-state index is -0.557. The summed E-state index contributed by atoms with van der Waals surface area (Å²) in [7, 11) is 0. The standard InChI is InChI=1S/C23H29F2N9.C13H20ClFN4.C10H10FN5.ClH/c1-22(2)9-14(10-23(3,4)31-22)28-20-17(25)11-26-21(30-20)29-18-8-19(34-12-27-32-33-34)15(7-16(18)24)13-5-6-13;1-12(2)5-8(6-13(3,4)19-12)17-10-9(15)7-16-11(14)18-10;11-8-3-7(6-1-2-6)10(4-9(8)12)16-5-13-14-15-16;/h7-8,11-14,31H,5-6,9-10H2,1-4H3,(H2,26,28,29,30);7-8,19H,5-6H2,1-4H3,(H,16,17,18);3-6H,1-2,12H2;1H. The molecule has 4 fully saturated rings. The molecule has 4 aliphatic rings. The number of benzene rings is 2. The van der Waals surface area contributed by atoms with E-state index in [1.165, 1.54) is 34.2 Å². The highest BCUT2D eigenvalue weighted by atomic mass is 35.5. The summed E-state index contributed by atoms with van der Waals surface area (Å²) >= 11 is 5.71. The Hall–Kier alpha value is -5.84. The minimum Gasteiger partial charge on any atom is -0.396 e. The highest BCUT2D eigenvalue weighted by Gasteiger charge is 2.39. The number of nitrogens with two attached hydrogens (primary N) is 1. The quantitative estimate of drug-likeness (QED) is 0.0429. The predicted octanol–water partition coefficient (Wildman–Crippen LogP) is 8.75. The largest absolute Gasteiger partial charge is 0.396 e. The van der Waals surface area contributed by atoms with E-state index < -0.39 is 17.5 Å². The monoisotopic (exact) mass is 1010 g/mol. The molecule has 6 heterocycles. The van der Waals surface area contributed by atoms with Crippen LogP contribution in [0.1, 0.15) is 130 Å². The van der Waals surface area contributed by atoms with Crippen LogP contribution in [0.3, 0.4) is 0 Å². The summed E-state index contributed by atoms with van der Waals surface area (Å²) < 4.78 is 59.7. The topological polar surface area (TPSA) is 225 Å². The van der Waals surface area contributed by atoms with Crippen molar-refractivity contribution < 1.29 is 17.6 Å². The van der Waals surface area contributed by atoms with Crippen molar-refractivity contribution in [3.8, 4) is 11.4 Å². The van der Waals surface area contributed by atoms with E-state index in [1.807, 2.05) is 0 Å². The van der Waals surface area contributed by atoms with Gasteiger partial charge in [0, 0.05) is 34.2 Å². The maximum absolute atomic E-state index is 15.0. The number of hydrogen-bond donors (Lipinski definition) is 6. The lowest BCUT2D eigenvalue weighted by Crippen LogP contribution is -2.60. The molecule has 376 valence electrons. The fourth-order valence-corrected chi connectivity index (χ4v) is 10.1. The van der Waals surface area contributed by atoms with E-state index >= 15 is 0 Å². The van der Waals surface area contributed by atoms with Crippen molar-refractivity contribution in [3.63, 3.8) is 0 Å². The van der Waals surface area contributed by atoms with Crippen LogP contribution < -0.4 is 32.3 Å². The van der Waals surface area contributed by atoms with Gasteiger partial charge in [0.05, 0.1) is 35.1 Å². The van der Waals surface area contributed by atoms with Gasteiger partial charge >= 0.3 is 0 Å². The lowest BCUT2D eigenvalue weighted by Gasteiger charge is -2.46. The number of piperidine rings is 2.